The number of hydrogen-bond donors (Lipinski definition) is 2. The molecule has 0 aliphatic heterocycles. The first-order valence-electron chi connectivity index (χ1n) is 5.39. The fourth-order valence-electron chi connectivity index (χ4n) is 1.50. The largest absolute Gasteiger partial charge is 0.399 e. The third kappa shape index (κ3) is 2.82. The maximum absolute atomic E-state index is 13.4. The van der Waals surface area contributed by atoms with Crippen LogP contribution in [0.4, 0.5) is 10.1 Å². The Kier molecular flexibility index (Phi) is 3.52. The molecular formula is C13H12FN3O. The second kappa shape index (κ2) is 5.27. The number of nitrogen functional groups attached to an aromatic ring is 1. The Bertz CT molecular complexity index is 557. The van der Waals surface area contributed by atoms with Crippen LogP contribution in [-0.4, -0.2) is 10.9 Å². The van der Waals surface area contributed by atoms with Crippen LogP contribution in [0.25, 0.3) is 0 Å². The van der Waals surface area contributed by atoms with E-state index in [1.54, 1.807) is 24.5 Å². The first-order chi connectivity index (χ1) is 8.66. The van der Waals surface area contributed by atoms with Gasteiger partial charge in [0.05, 0.1) is 5.56 Å². The molecule has 1 heterocycles. The molecule has 4 nitrogen and oxygen atoms in total. The van der Waals surface area contributed by atoms with Crippen LogP contribution in [-0.2, 0) is 6.54 Å². The van der Waals surface area contributed by atoms with Gasteiger partial charge in [-0.05, 0) is 35.9 Å². The summed E-state index contributed by atoms with van der Waals surface area (Å²) in [6.07, 6.45) is 3.26. The number of carbonyl (C=O) groups excluding carboxylic acids is 1. The van der Waals surface area contributed by atoms with Crippen LogP contribution < -0.4 is 11.1 Å². The van der Waals surface area contributed by atoms with E-state index in [0.717, 1.165) is 5.56 Å². The highest BCUT2D eigenvalue weighted by Crippen LogP contribution is 2.12. The van der Waals surface area contributed by atoms with Crippen molar-refractivity contribution >= 4 is 11.6 Å². The fourth-order valence-corrected chi connectivity index (χ4v) is 1.50. The van der Waals surface area contributed by atoms with Crippen LogP contribution in [0.5, 0.6) is 0 Å². The lowest BCUT2D eigenvalue weighted by atomic mass is 10.1. The molecule has 3 N–H and O–H groups in total. The van der Waals surface area contributed by atoms with Crippen molar-refractivity contribution in [3.63, 3.8) is 0 Å². The summed E-state index contributed by atoms with van der Waals surface area (Å²) in [4.78, 5) is 15.6. The van der Waals surface area contributed by atoms with Crippen LogP contribution in [0.15, 0.2) is 42.7 Å². The molecule has 92 valence electrons. The molecule has 18 heavy (non-hydrogen) atoms. The number of nitrogens with one attached hydrogen (secondary N) is 1. The SMILES string of the molecule is Nc1ccc(F)c(C(=O)NCc2ccncc2)c1. The van der Waals surface area contributed by atoms with E-state index in [-0.39, 0.29) is 5.56 Å². The maximum Gasteiger partial charge on any atom is 0.254 e. The molecule has 0 saturated carbocycles. The summed E-state index contributed by atoms with van der Waals surface area (Å²) < 4.78 is 13.4. The lowest BCUT2D eigenvalue weighted by Gasteiger charge is -2.06. The van der Waals surface area contributed by atoms with Gasteiger partial charge in [-0.3, -0.25) is 9.78 Å². The van der Waals surface area contributed by atoms with Crippen molar-refractivity contribution in [3.8, 4) is 0 Å². The van der Waals surface area contributed by atoms with E-state index in [4.69, 9.17) is 5.73 Å². The number of carbonyl (C=O) groups is 1. The van der Waals surface area contributed by atoms with Gasteiger partial charge in [0.1, 0.15) is 5.82 Å². The maximum atomic E-state index is 13.4. The van der Waals surface area contributed by atoms with Gasteiger partial charge in [0.2, 0.25) is 0 Å². The Hall–Kier alpha value is -2.43. The average Bonchev–Trinajstić information content (AvgIpc) is 2.40. The molecular weight excluding hydrogens is 233 g/mol. The van der Waals surface area contributed by atoms with Crippen molar-refractivity contribution in [2.75, 3.05) is 5.73 Å². The highest BCUT2D eigenvalue weighted by atomic mass is 19.1. The van der Waals surface area contributed by atoms with Crippen LogP contribution in [0.1, 0.15) is 15.9 Å². The summed E-state index contributed by atoms with van der Waals surface area (Å²) in [6, 6.07) is 7.45. The van der Waals surface area contributed by atoms with Gasteiger partial charge in [0.25, 0.3) is 5.91 Å². The van der Waals surface area contributed by atoms with Crippen LogP contribution in [0.3, 0.4) is 0 Å². The summed E-state index contributed by atoms with van der Waals surface area (Å²) in [6.45, 7) is 0.315. The van der Waals surface area contributed by atoms with E-state index in [0.29, 0.717) is 12.2 Å². The lowest BCUT2D eigenvalue weighted by Crippen LogP contribution is -2.24. The van der Waals surface area contributed by atoms with Crippen molar-refractivity contribution in [1.29, 1.82) is 0 Å². The zero-order valence-corrected chi connectivity index (χ0v) is 9.56. The molecule has 1 aromatic heterocycles. The van der Waals surface area contributed by atoms with E-state index < -0.39 is 11.7 Å². The Balaban J connectivity index is 2.06. The van der Waals surface area contributed by atoms with E-state index in [2.05, 4.69) is 10.3 Å². The van der Waals surface area contributed by atoms with E-state index in [1.165, 1.54) is 18.2 Å². The number of amides is 1. The standard InChI is InChI=1S/C13H12FN3O/c14-12-2-1-10(15)7-11(12)13(18)17-8-9-3-5-16-6-4-9/h1-7H,8,15H2,(H,17,18). The molecule has 0 aliphatic rings. The van der Waals surface area contributed by atoms with Gasteiger partial charge in [-0.15, -0.1) is 0 Å². The number of rotatable bonds is 3. The molecule has 0 atom stereocenters. The number of pyridine rings is 1. The van der Waals surface area contributed by atoms with Crippen molar-refractivity contribution in [1.82, 2.24) is 10.3 Å². The molecule has 0 fully saturated rings. The Morgan fingerprint density at radius 1 is 1.28 bits per heavy atom. The quantitative estimate of drug-likeness (QED) is 0.809. The van der Waals surface area contributed by atoms with Gasteiger partial charge in [0, 0.05) is 24.6 Å². The third-order valence-electron chi connectivity index (χ3n) is 2.44. The normalized spacial score (nSPS) is 10.1. The zero-order valence-electron chi connectivity index (χ0n) is 9.56. The highest BCUT2D eigenvalue weighted by molar-refractivity contribution is 5.95. The van der Waals surface area contributed by atoms with Gasteiger partial charge >= 0.3 is 0 Å². The monoisotopic (exact) mass is 245 g/mol. The number of benzene rings is 1. The summed E-state index contributed by atoms with van der Waals surface area (Å²) in [5.74, 6) is -1.08. The number of halogens is 1. The highest BCUT2D eigenvalue weighted by Gasteiger charge is 2.11. The first-order valence-corrected chi connectivity index (χ1v) is 5.39. The molecule has 5 heteroatoms. The molecule has 2 aromatic rings. The summed E-state index contributed by atoms with van der Waals surface area (Å²) in [5, 5.41) is 2.62. The van der Waals surface area contributed by atoms with E-state index in [1.807, 2.05) is 0 Å². The van der Waals surface area contributed by atoms with Crippen LogP contribution in [0, 0.1) is 5.82 Å². The summed E-state index contributed by atoms with van der Waals surface area (Å²) >= 11 is 0. The molecule has 0 aliphatic carbocycles. The average molecular weight is 245 g/mol. The summed E-state index contributed by atoms with van der Waals surface area (Å²) in [7, 11) is 0. The minimum absolute atomic E-state index is 0.0518. The predicted octanol–water partition coefficient (Wildman–Crippen LogP) is 1.73. The second-order valence-corrected chi connectivity index (χ2v) is 3.78. The van der Waals surface area contributed by atoms with Gasteiger partial charge < -0.3 is 11.1 Å². The lowest BCUT2D eigenvalue weighted by molar-refractivity contribution is 0.0947. The molecule has 0 saturated heterocycles. The molecule has 1 aromatic carbocycles. The molecule has 2 rings (SSSR count). The fraction of sp³-hybridized carbons (Fsp3) is 0.0769. The topological polar surface area (TPSA) is 68.0 Å². The van der Waals surface area contributed by atoms with Gasteiger partial charge in [-0.25, -0.2) is 4.39 Å². The number of anilines is 1. The number of hydrogen-bond acceptors (Lipinski definition) is 3. The van der Waals surface area contributed by atoms with Gasteiger partial charge in [0.15, 0.2) is 0 Å². The predicted molar refractivity (Wildman–Crippen MR) is 66.2 cm³/mol. The molecule has 1 amide bonds. The number of nitrogens with zero attached hydrogens (tertiary/aromatic N) is 1. The Morgan fingerprint density at radius 3 is 2.72 bits per heavy atom. The van der Waals surface area contributed by atoms with Crippen molar-refractivity contribution in [3.05, 3.63) is 59.7 Å². The molecule has 0 unspecified atom stereocenters. The molecule has 0 spiro atoms. The zero-order chi connectivity index (χ0) is 13.0. The summed E-state index contributed by atoms with van der Waals surface area (Å²) in [5.41, 5.74) is 6.71. The van der Waals surface area contributed by atoms with E-state index >= 15 is 0 Å². The number of aromatic nitrogens is 1. The third-order valence-corrected chi connectivity index (χ3v) is 2.44. The molecule has 0 bridgehead atoms. The smallest absolute Gasteiger partial charge is 0.254 e. The van der Waals surface area contributed by atoms with Gasteiger partial charge in [-0.2, -0.15) is 0 Å². The molecule has 0 radical (unpaired) electrons. The van der Waals surface area contributed by atoms with Gasteiger partial charge in [-0.1, -0.05) is 0 Å². The second-order valence-electron chi connectivity index (χ2n) is 3.78. The van der Waals surface area contributed by atoms with Crippen molar-refractivity contribution in [2.45, 2.75) is 6.54 Å². The first kappa shape index (κ1) is 12.0. The van der Waals surface area contributed by atoms with Crippen molar-refractivity contribution < 1.29 is 9.18 Å². The Labute approximate surface area is 104 Å². The van der Waals surface area contributed by atoms with Crippen molar-refractivity contribution in [2.24, 2.45) is 0 Å². The minimum atomic E-state index is -0.587. The Morgan fingerprint density at radius 2 is 2.00 bits per heavy atom. The van der Waals surface area contributed by atoms with Crippen LogP contribution >= 0.6 is 0 Å². The minimum Gasteiger partial charge on any atom is -0.399 e. The number of nitrogens with two attached hydrogens (primary N) is 1. The van der Waals surface area contributed by atoms with E-state index in [9.17, 15) is 9.18 Å². The van der Waals surface area contributed by atoms with Crippen LogP contribution in [0.2, 0.25) is 0 Å².